The van der Waals surface area contributed by atoms with Gasteiger partial charge in [0.25, 0.3) is 0 Å². The van der Waals surface area contributed by atoms with Gasteiger partial charge in [0.2, 0.25) is 15.9 Å². The fourth-order valence-electron chi connectivity index (χ4n) is 3.18. The molecule has 168 valence electrons. The number of benzene rings is 2. The molecule has 6 nitrogen and oxygen atoms in total. The lowest BCUT2D eigenvalue weighted by Gasteiger charge is -2.19. The molecule has 1 heterocycles. The first-order chi connectivity index (χ1) is 14.5. The molecule has 1 amide bonds. The molecule has 2 aromatic carbocycles. The van der Waals surface area contributed by atoms with E-state index in [0.29, 0.717) is 18.8 Å². The van der Waals surface area contributed by atoms with Gasteiger partial charge in [-0.05, 0) is 56.2 Å². The first-order valence-corrected chi connectivity index (χ1v) is 11.3. The number of nitrogens with zero attached hydrogens (tertiary/aromatic N) is 1. The van der Waals surface area contributed by atoms with Crippen molar-refractivity contribution in [1.82, 2.24) is 4.31 Å². The number of carbonyl (C=O) groups is 1. The van der Waals surface area contributed by atoms with Crippen LogP contribution in [0.4, 0.5) is 24.5 Å². The van der Waals surface area contributed by atoms with E-state index in [1.54, 1.807) is 12.1 Å². The third-order valence-corrected chi connectivity index (χ3v) is 7.09. The Morgan fingerprint density at radius 1 is 1.13 bits per heavy atom. The number of alkyl halides is 3. The average molecular weight is 476 g/mol. The largest absolute Gasteiger partial charge is 0.416 e. The molecule has 2 aromatic rings. The van der Waals surface area contributed by atoms with Crippen LogP contribution in [-0.4, -0.2) is 37.8 Å². The van der Waals surface area contributed by atoms with Gasteiger partial charge in [0.05, 0.1) is 21.2 Å². The second kappa shape index (κ2) is 9.05. The van der Waals surface area contributed by atoms with Crippen molar-refractivity contribution < 1.29 is 26.4 Å². The molecule has 3 rings (SSSR count). The Kier molecular flexibility index (Phi) is 6.82. The molecule has 0 bridgehead atoms. The Bertz CT molecular complexity index is 1070. The average Bonchev–Trinajstić information content (AvgIpc) is 3.24. The van der Waals surface area contributed by atoms with Gasteiger partial charge in [-0.3, -0.25) is 4.79 Å². The number of hydrogen-bond donors (Lipinski definition) is 2. The summed E-state index contributed by atoms with van der Waals surface area (Å²) in [6.07, 6.45) is -2.95. The van der Waals surface area contributed by atoms with Gasteiger partial charge in [0.1, 0.15) is 6.04 Å². The Hall–Kier alpha value is -2.30. The third kappa shape index (κ3) is 5.50. The van der Waals surface area contributed by atoms with Gasteiger partial charge in [-0.15, -0.1) is 0 Å². The Morgan fingerprint density at radius 2 is 1.81 bits per heavy atom. The lowest BCUT2D eigenvalue weighted by Crippen LogP contribution is -2.32. The summed E-state index contributed by atoms with van der Waals surface area (Å²) in [4.78, 5) is 12.6. The molecule has 0 aromatic heterocycles. The maximum Gasteiger partial charge on any atom is 0.416 e. The Morgan fingerprint density at radius 3 is 2.45 bits per heavy atom. The lowest BCUT2D eigenvalue weighted by atomic mass is 10.2. The summed E-state index contributed by atoms with van der Waals surface area (Å²) in [5, 5.41) is 5.21. The van der Waals surface area contributed by atoms with Crippen molar-refractivity contribution in [2.75, 3.05) is 23.7 Å². The summed E-state index contributed by atoms with van der Waals surface area (Å²) in [5.74, 6) is -0.631. The standard InChI is InChI=1S/C20H21ClF3N3O3S/c1-13(19(28)26-18-11-14(20(22,23)24)7-8-17(18)21)25-15-5-4-6-16(12-15)31(29,30)27-9-2-3-10-27/h4-8,11-13,25H,2-3,9-10H2,1H3,(H,26,28)/t13-/m1/s1. The number of halogens is 4. The van der Waals surface area contributed by atoms with Gasteiger partial charge in [-0.2, -0.15) is 17.5 Å². The molecule has 1 atom stereocenters. The first-order valence-electron chi connectivity index (χ1n) is 9.53. The van der Waals surface area contributed by atoms with Crippen LogP contribution >= 0.6 is 11.6 Å². The molecule has 0 spiro atoms. The van der Waals surface area contributed by atoms with Gasteiger partial charge in [-0.1, -0.05) is 17.7 Å². The number of nitrogens with one attached hydrogen (secondary N) is 2. The number of anilines is 2. The van der Waals surface area contributed by atoms with Crippen molar-refractivity contribution in [3.8, 4) is 0 Å². The van der Waals surface area contributed by atoms with Gasteiger partial charge in [0.15, 0.2) is 0 Å². The van der Waals surface area contributed by atoms with E-state index in [0.717, 1.165) is 31.0 Å². The summed E-state index contributed by atoms with van der Waals surface area (Å²) in [6, 6.07) is 7.83. The molecular formula is C20H21ClF3N3O3S. The van der Waals surface area contributed by atoms with Crippen molar-refractivity contribution in [3.05, 3.63) is 53.1 Å². The molecule has 1 fully saturated rings. The van der Waals surface area contributed by atoms with E-state index in [1.807, 2.05) is 0 Å². The molecule has 2 N–H and O–H groups in total. The van der Waals surface area contributed by atoms with E-state index in [2.05, 4.69) is 10.6 Å². The van der Waals surface area contributed by atoms with Crippen LogP contribution < -0.4 is 10.6 Å². The summed E-state index contributed by atoms with van der Waals surface area (Å²) in [5.41, 5.74) is -0.716. The van der Waals surface area contributed by atoms with Crippen molar-refractivity contribution in [3.63, 3.8) is 0 Å². The molecule has 0 unspecified atom stereocenters. The smallest absolute Gasteiger partial charge is 0.374 e. The fraction of sp³-hybridized carbons (Fsp3) is 0.350. The number of hydrogen-bond acceptors (Lipinski definition) is 4. The molecule has 1 saturated heterocycles. The molecule has 0 saturated carbocycles. The normalized spacial score (nSPS) is 16.2. The Balaban J connectivity index is 1.72. The summed E-state index contributed by atoms with van der Waals surface area (Å²) >= 11 is 5.91. The molecule has 0 aliphatic carbocycles. The predicted octanol–water partition coefficient (Wildman–Crippen LogP) is 4.58. The summed E-state index contributed by atoms with van der Waals surface area (Å²) in [6.45, 7) is 2.44. The minimum absolute atomic E-state index is 0.0350. The van der Waals surface area contributed by atoms with Crippen LogP contribution in [0, 0.1) is 0 Å². The van der Waals surface area contributed by atoms with Crippen LogP contribution in [0.2, 0.25) is 5.02 Å². The van der Waals surface area contributed by atoms with Crippen molar-refractivity contribution >= 4 is 38.9 Å². The monoisotopic (exact) mass is 475 g/mol. The van der Waals surface area contributed by atoms with Gasteiger partial charge in [0, 0.05) is 18.8 Å². The third-order valence-electron chi connectivity index (χ3n) is 4.86. The van der Waals surface area contributed by atoms with Crippen LogP contribution in [0.1, 0.15) is 25.3 Å². The van der Waals surface area contributed by atoms with Crippen molar-refractivity contribution in [2.24, 2.45) is 0 Å². The first kappa shape index (κ1) is 23.4. The zero-order chi connectivity index (χ0) is 22.8. The van der Waals surface area contributed by atoms with Gasteiger partial charge in [-0.25, -0.2) is 8.42 Å². The number of sulfonamides is 1. The van der Waals surface area contributed by atoms with E-state index in [9.17, 15) is 26.4 Å². The number of amides is 1. The maximum absolute atomic E-state index is 12.9. The second-order valence-corrected chi connectivity index (χ2v) is 9.53. The van der Waals surface area contributed by atoms with Crippen LogP contribution in [0.5, 0.6) is 0 Å². The molecule has 1 aliphatic rings. The topological polar surface area (TPSA) is 78.5 Å². The second-order valence-electron chi connectivity index (χ2n) is 7.19. The van der Waals surface area contributed by atoms with Crippen LogP contribution in [-0.2, 0) is 21.0 Å². The van der Waals surface area contributed by atoms with Crippen LogP contribution in [0.25, 0.3) is 0 Å². The molecular weight excluding hydrogens is 455 g/mol. The molecule has 11 heteroatoms. The van der Waals surface area contributed by atoms with Crippen molar-refractivity contribution in [2.45, 2.75) is 36.9 Å². The number of rotatable bonds is 6. The molecule has 31 heavy (non-hydrogen) atoms. The van der Waals surface area contributed by atoms with E-state index < -0.39 is 33.7 Å². The SMILES string of the molecule is C[C@@H](Nc1cccc(S(=O)(=O)N2CCCC2)c1)C(=O)Nc1cc(C(F)(F)F)ccc1Cl. The molecule has 1 aliphatic heterocycles. The van der Waals surface area contributed by atoms with E-state index >= 15 is 0 Å². The van der Waals surface area contributed by atoms with Crippen LogP contribution in [0.3, 0.4) is 0 Å². The highest BCUT2D eigenvalue weighted by atomic mass is 35.5. The Labute approximate surface area is 183 Å². The van der Waals surface area contributed by atoms with Crippen LogP contribution in [0.15, 0.2) is 47.4 Å². The number of carbonyl (C=O) groups excluding carboxylic acids is 1. The zero-order valence-electron chi connectivity index (χ0n) is 16.5. The summed E-state index contributed by atoms with van der Waals surface area (Å²) < 4.78 is 65.6. The van der Waals surface area contributed by atoms with E-state index in [4.69, 9.17) is 11.6 Å². The maximum atomic E-state index is 12.9. The van der Waals surface area contributed by atoms with Gasteiger partial charge >= 0.3 is 6.18 Å². The summed E-state index contributed by atoms with van der Waals surface area (Å²) in [7, 11) is -3.62. The highest BCUT2D eigenvalue weighted by Crippen LogP contribution is 2.34. The predicted molar refractivity (Wildman–Crippen MR) is 113 cm³/mol. The minimum Gasteiger partial charge on any atom is -0.374 e. The highest BCUT2D eigenvalue weighted by molar-refractivity contribution is 7.89. The van der Waals surface area contributed by atoms with E-state index in [1.165, 1.54) is 23.4 Å². The van der Waals surface area contributed by atoms with Gasteiger partial charge < -0.3 is 10.6 Å². The molecule has 0 radical (unpaired) electrons. The highest BCUT2D eigenvalue weighted by Gasteiger charge is 2.31. The van der Waals surface area contributed by atoms with Crippen molar-refractivity contribution in [1.29, 1.82) is 0 Å². The fourth-order valence-corrected chi connectivity index (χ4v) is 4.91. The zero-order valence-corrected chi connectivity index (χ0v) is 18.1. The van der Waals surface area contributed by atoms with E-state index in [-0.39, 0.29) is 15.6 Å². The lowest BCUT2D eigenvalue weighted by molar-refractivity contribution is -0.137. The quantitative estimate of drug-likeness (QED) is 0.641. The minimum atomic E-state index is -4.57.